The van der Waals surface area contributed by atoms with Crippen LogP contribution in [0.4, 0.5) is 5.69 Å². The van der Waals surface area contributed by atoms with Crippen LogP contribution >= 0.6 is 11.6 Å². The monoisotopic (exact) mass is 289 g/mol. The number of halogens is 1. The van der Waals surface area contributed by atoms with E-state index in [2.05, 4.69) is 4.72 Å². The molecule has 1 aromatic rings. The molecule has 0 atom stereocenters. The van der Waals surface area contributed by atoms with Gasteiger partial charge in [0.05, 0.1) is 6.10 Å². The lowest BCUT2D eigenvalue weighted by Crippen LogP contribution is -2.13. The van der Waals surface area contributed by atoms with E-state index >= 15 is 0 Å². The average molecular weight is 290 g/mol. The minimum Gasteiger partial charge on any atom is -0.490 e. The Morgan fingerprint density at radius 1 is 1.22 bits per heavy atom. The first-order valence-electron chi connectivity index (χ1n) is 5.92. The summed E-state index contributed by atoms with van der Waals surface area (Å²) in [6.45, 7) is 0. The van der Waals surface area contributed by atoms with Crippen LogP contribution in [0, 0.1) is 0 Å². The lowest BCUT2D eigenvalue weighted by Gasteiger charge is -2.13. The number of nitrogens with one attached hydrogen (secondary N) is 1. The minimum absolute atomic E-state index is 0.301. The van der Waals surface area contributed by atoms with Gasteiger partial charge in [0.1, 0.15) is 11.0 Å². The molecule has 1 saturated carbocycles. The molecule has 0 spiro atoms. The van der Waals surface area contributed by atoms with E-state index in [0.717, 1.165) is 18.6 Å². The molecular formula is C12H16ClNO3S. The Bertz CT molecular complexity index is 481. The zero-order chi connectivity index (χ0) is 13.0. The Hall–Kier alpha value is -0.940. The number of alkyl halides is 1. The van der Waals surface area contributed by atoms with Gasteiger partial charge in [0.2, 0.25) is 10.0 Å². The topological polar surface area (TPSA) is 55.4 Å². The van der Waals surface area contributed by atoms with Crippen LogP contribution in [0.25, 0.3) is 0 Å². The summed E-state index contributed by atoms with van der Waals surface area (Å²) in [7, 11) is -3.43. The second-order valence-corrected chi connectivity index (χ2v) is 6.68. The number of sulfonamides is 1. The van der Waals surface area contributed by atoms with Gasteiger partial charge in [-0.3, -0.25) is 4.72 Å². The number of benzene rings is 1. The van der Waals surface area contributed by atoms with Crippen molar-refractivity contribution >= 4 is 27.3 Å². The third kappa shape index (κ3) is 3.78. The molecule has 0 heterocycles. The second kappa shape index (κ2) is 5.80. The minimum atomic E-state index is -3.43. The van der Waals surface area contributed by atoms with Gasteiger partial charge in [-0.25, -0.2) is 8.42 Å². The van der Waals surface area contributed by atoms with Gasteiger partial charge in [0.25, 0.3) is 0 Å². The summed E-state index contributed by atoms with van der Waals surface area (Å²) in [6, 6.07) is 6.89. The van der Waals surface area contributed by atoms with Crippen molar-refractivity contribution in [2.75, 3.05) is 9.93 Å². The van der Waals surface area contributed by atoms with Gasteiger partial charge >= 0.3 is 0 Å². The van der Waals surface area contributed by atoms with Gasteiger partial charge in [0, 0.05) is 5.69 Å². The lowest BCUT2D eigenvalue weighted by molar-refractivity contribution is 0.210. The summed E-state index contributed by atoms with van der Waals surface area (Å²) in [6.07, 6.45) is 4.94. The average Bonchev–Trinajstić information content (AvgIpc) is 2.84. The van der Waals surface area contributed by atoms with Crippen molar-refractivity contribution < 1.29 is 13.2 Å². The highest BCUT2D eigenvalue weighted by Crippen LogP contribution is 2.25. The molecule has 0 saturated heterocycles. The van der Waals surface area contributed by atoms with E-state index in [9.17, 15) is 8.42 Å². The maximum Gasteiger partial charge on any atom is 0.246 e. The molecule has 4 nitrogen and oxygen atoms in total. The molecule has 18 heavy (non-hydrogen) atoms. The van der Waals surface area contributed by atoms with Crippen molar-refractivity contribution in [2.45, 2.75) is 31.8 Å². The summed E-state index contributed by atoms with van der Waals surface area (Å²) in [5.41, 5.74) is 0.495. The normalized spacial score (nSPS) is 16.7. The van der Waals surface area contributed by atoms with Crippen molar-refractivity contribution in [2.24, 2.45) is 0 Å². The molecule has 1 N–H and O–H groups in total. The Labute approximate surface area is 112 Å². The van der Waals surface area contributed by atoms with Crippen molar-refractivity contribution in [3.8, 4) is 5.75 Å². The maximum atomic E-state index is 11.3. The summed E-state index contributed by atoms with van der Waals surface area (Å²) in [5.74, 6) is 0.774. The van der Waals surface area contributed by atoms with Gasteiger partial charge in [-0.15, -0.1) is 11.6 Å². The first-order valence-corrected chi connectivity index (χ1v) is 8.11. The van der Waals surface area contributed by atoms with Crippen LogP contribution in [0.5, 0.6) is 5.75 Å². The van der Waals surface area contributed by atoms with E-state index in [1.54, 1.807) is 24.3 Å². The van der Waals surface area contributed by atoms with Crippen molar-refractivity contribution in [3.63, 3.8) is 0 Å². The molecule has 1 aromatic carbocycles. The van der Waals surface area contributed by atoms with Crippen LogP contribution in [0.1, 0.15) is 25.7 Å². The fourth-order valence-electron chi connectivity index (χ4n) is 2.01. The molecule has 0 bridgehead atoms. The highest BCUT2D eigenvalue weighted by Gasteiger charge is 2.16. The molecule has 1 fully saturated rings. The zero-order valence-corrected chi connectivity index (χ0v) is 11.5. The Kier molecular flexibility index (Phi) is 4.35. The van der Waals surface area contributed by atoms with Crippen molar-refractivity contribution in [3.05, 3.63) is 24.3 Å². The van der Waals surface area contributed by atoms with Crippen LogP contribution in [-0.4, -0.2) is 19.7 Å². The summed E-state index contributed by atoms with van der Waals surface area (Å²) < 4.78 is 30.7. The smallest absolute Gasteiger partial charge is 0.246 e. The highest BCUT2D eigenvalue weighted by molar-refractivity contribution is 7.93. The molecule has 0 radical (unpaired) electrons. The quantitative estimate of drug-likeness (QED) is 0.848. The summed E-state index contributed by atoms with van der Waals surface area (Å²) in [5, 5.41) is -0.451. The van der Waals surface area contributed by atoms with Gasteiger partial charge in [-0.05, 0) is 49.9 Å². The highest BCUT2D eigenvalue weighted by atomic mass is 35.5. The fourth-order valence-corrected chi connectivity index (χ4v) is 2.72. The standard InChI is InChI=1S/C12H16ClNO3S/c13-9-18(15,16)14-10-5-7-12(8-6-10)17-11-3-1-2-4-11/h5-8,11,14H,1-4,9H2. The molecule has 0 unspecified atom stereocenters. The van der Waals surface area contributed by atoms with E-state index in [0.29, 0.717) is 11.8 Å². The first-order chi connectivity index (χ1) is 8.59. The van der Waals surface area contributed by atoms with Crippen LogP contribution < -0.4 is 9.46 Å². The third-order valence-corrected chi connectivity index (χ3v) is 4.57. The van der Waals surface area contributed by atoms with E-state index in [4.69, 9.17) is 16.3 Å². The second-order valence-electron chi connectivity index (χ2n) is 4.37. The van der Waals surface area contributed by atoms with Gasteiger partial charge in [-0.2, -0.15) is 0 Å². The van der Waals surface area contributed by atoms with E-state index in [1.807, 2.05) is 0 Å². The predicted octanol–water partition coefficient (Wildman–Crippen LogP) is 2.95. The summed E-state index contributed by atoms with van der Waals surface area (Å²) >= 11 is 5.31. The SMILES string of the molecule is O=S(=O)(CCl)Nc1ccc(OC2CCCC2)cc1. The molecular weight excluding hydrogens is 274 g/mol. The number of hydrogen-bond acceptors (Lipinski definition) is 3. The van der Waals surface area contributed by atoms with Crippen LogP contribution in [0.3, 0.4) is 0 Å². The van der Waals surface area contributed by atoms with Gasteiger partial charge < -0.3 is 4.74 Å². The molecule has 6 heteroatoms. The largest absolute Gasteiger partial charge is 0.490 e. The lowest BCUT2D eigenvalue weighted by atomic mass is 10.3. The maximum absolute atomic E-state index is 11.3. The number of hydrogen-bond donors (Lipinski definition) is 1. The molecule has 0 amide bonds. The zero-order valence-electron chi connectivity index (χ0n) is 9.93. The van der Waals surface area contributed by atoms with Crippen LogP contribution in [0.15, 0.2) is 24.3 Å². The molecule has 1 aliphatic carbocycles. The molecule has 0 aliphatic heterocycles. The molecule has 1 aliphatic rings. The fraction of sp³-hybridized carbons (Fsp3) is 0.500. The Balaban J connectivity index is 1.96. The third-order valence-electron chi connectivity index (χ3n) is 2.88. The van der Waals surface area contributed by atoms with Crippen LogP contribution in [0.2, 0.25) is 0 Å². The Morgan fingerprint density at radius 2 is 1.83 bits per heavy atom. The number of rotatable bonds is 5. The summed E-state index contributed by atoms with van der Waals surface area (Å²) in [4.78, 5) is 0. The number of ether oxygens (including phenoxy) is 1. The first kappa shape index (κ1) is 13.5. The number of anilines is 1. The molecule has 0 aromatic heterocycles. The van der Waals surface area contributed by atoms with Gasteiger partial charge in [0.15, 0.2) is 0 Å². The molecule has 2 rings (SSSR count). The van der Waals surface area contributed by atoms with E-state index in [1.165, 1.54) is 12.8 Å². The Morgan fingerprint density at radius 3 is 2.39 bits per heavy atom. The predicted molar refractivity (Wildman–Crippen MR) is 72.6 cm³/mol. The van der Waals surface area contributed by atoms with Crippen LogP contribution in [-0.2, 0) is 10.0 Å². The van der Waals surface area contributed by atoms with E-state index < -0.39 is 15.2 Å². The van der Waals surface area contributed by atoms with Crippen molar-refractivity contribution in [1.82, 2.24) is 0 Å². The molecule has 100 valence electrons. The van der Waals surface area contributed by atoms with Crippen molar-refractivity contribution in [1.29, 1.82) is 0 Å². The van der Waals surface area contributed by atoms with Gasteiger partial charge in [-0.1, -0.05) is 0 Å². The van der Waals surface area contributed by atoms with E-state index in [-0.39, 0.29) is 0 Å².